The third-order valence-corrected chi connectivity index (χ3v) is 3.18. The number of hydrogen-bond donors (Lipinski definition) is 1. The standard InChI is InChI=1S/C16H21N5O5/c1-10(2)17-14(22)9-26-15(23)8-21-19-16(18-20-21)11-5-6-12(24-3)13(7-11)25-4/h5-7,10H,8-9H2,1-4H3,(H,17,22). The molecular formula is C16H21N5O5. The Morgan fingerprint density at radius 2 is 1.92 bits per heavy atom. The van der Waals surface area contributed by atoms with E-state index in [0.717, 1.165) is 4.80 Å². The summed E-state index contributed by atoms with van der Waals surface area (Å²) < 4.78 is 15.3. The molecule has 10 heteroatoms. The van der Waals surface area contributed by atoms with Crippen molar-refractivity contribution in [2.75, 3.05) is 20.8 Å². The summed E-state index contributed by atoms with van der Waals surface area (Å²) in [5, 5.41) is 14.5. The quantitative estimate of drug-likeness (QED) is 0.671. The summed E-state index contributed by atoms with van der Waals surface area (Å²) >= 11 is 0. The van der Waals surface area contributed by atoms with Gasteiger partial charge in [0.25, 0.3) is 5.91 Å². The molecular weight excluding hydrogens is 342 g/mol. The van der Waals surface area contributed by atoms with Crippen LogP contribution in [0.15, 0.2) is 18.2 Å². The Bertz CT molecular complexity index is 774. The zero-order valence-electron chi connectivity index (χ0n) is 15.1. The van der Waals surface area contributed by atoms with E-state index in [4.69, 9.17) is 14.2 Å². The fourth-order valence-electron chi connectivity index (χ4n) is 2.07. The average Bonchev–Trinajstić information content (AvgIpc) is 3.07. The predicted molar refractivity (Wildman–Crippen MR) is 90.6 cm³/mol. The molecule has 0 unspecified atom stereocenters. The minimum Gasteiger partial charge on any atom is -0.493 e. The molecule has 1 aromatic carbocycles. The lowest BCUT2D eigenvalue weighted by Crippen LogP contribution is -2.34. The first-order chi connectivity index (χ1) is 12.4. The summed E-state index contributed by atoms with van der Waals surface area (Å²) in [6.07, 6.45) is 0. The van der Waals surface area contributed by atoms with E-state index < -0.39 is 5.97 Å². The molecule has 1 amide bonds. The van der Waals surface area contributed by atoms with Crippen molar-refractivity contribution in [3.63, 3.8) is 0 Å². The van der Waals surface area contributed by atoms with Gasteiger partial charge in [0.1, 0.15) is 0 Å². The first-order valence-electron chi connectivity index (χ1n) is 7.88. The van der Waals surface area contributed by atoms with E-state index in [1.807, 2.05) is 13.8 Å². The molecule has 2 aromatic rings. The number of tetrazole rings is 1. The van der Waals surface area contributed by atoms with Crippen LogP contribution in [0.3, 0.4) is 0 Å². The van der Waals surface area contributed by atoms with Gasteiger partial charge in [0.2, 0.25) is 5.82 Å². The Labute approximate surface area is 150 Å². The van der Waals surface area contributed by atoms with Gasteiger partial charge in [0.15, 0.2) is 24.7 Å². The van der Waals surface area contributed by atoms with Crippen LogP contribution in [-0.4, -0.2) is 59.0 Å². The zero-order valence-corrected chi connectivity index (χ0v) is 15.1. The molecule has 1 heterocycles. The van der Waals surface area contributed by atoms with E-state index in [1.165, 1.54) is 7.11 Å². The highest BCUT2D eigenvalue weighted by molar-refractivity contribution is 5.80. The number of carbonyl (C=O) groups is 2. The molecule has 26 heavy (non-hydrogen) atoms. The molecule has 0 aliphatic heterocycles. The SMILES string of the molecule is COc1ccc(-c2nnn(CC(=O)OCC(=O)NC(C)C)n2)cc1OC. The number of hydrogen-bond acceptors (Lipinski definition) is 8. The van der Waals surface area contributed by atoms with E-state index in [0.29, 0.717) is 22.9 Å². The topological polar surface area (TPSA) is 117 Å². The van der Waals surface area contributed by atoms with E-state index in [1.54, 1.807) is 25.3 Å². The number of ether oxygens (including phenoxy) is 3. The first kappa shape index (κ1) is 19.2. The molecule has 0 saturated carbocycles. The lowest BCUT2D eigenvalue weighted by molar-refractivity contribution is -0.149. The van der Waals surface area contributed by atoms with Gasteiger partial charge in [-0.15, -0.1) is 10.2 Å². The molecule has 1 N–H and O–H groups in total. The molecule has 1 aromatic heterocycles. The van der Waals surface area contributed by atoms with Gasteiger partial charge in [-0.2, -0.15) is 4.80 Å². The molecule has 10 nitrogen and oxygen atoms in total. The number of nitrogens with one attached hydrogen (secondary N) is 1. The fourth-order valence-corrected chi connectivity index (χ4v) is 2.07. The third kappa shape index (κ3) is 5.16. The highest BCUT2D eigenvalue weighted by atomic mass is 16.5. The van der Waals surface area contributed by atoms with Crippen LogP contribution in [0.4, 0.5) is 0 Å². The number of esters is 1. The number of nitrogens with zero attached hydrogens (tertiary/aromatic N) is 4. The summed E-state index contributed by atoms with van der Waals surface area (Å²) in [5.74, 6) is 0.409. The van der Waals surface area contributed by atoms with E-state index in [-0.39, 0.29) is 25.1 Å². The summed E-state index contributed by atoms with van der Waals surface area (Å²) in [7, 11) is 3.07. The number of benzene rings is 1. The lowest BCUT2D eigenvalue weighted by atomic mass is 10.2. The van der Waals surface area contributed by atoms with Crippen LogP contribution in [0, 0.1) is 0 Å². The van der Waals surface area contributed by atoms with Crippen LogP contribution < -0.4 is 14.8 Å². The normalized spacial score (nSPS) is 10.5. The monoisotopic (exact) mass is 363 g/mol. The molecule has 0 aliphatic rings. The zero-order chi connectivity index (χ0) is 19.1. The van der Waals surface area contributed by atoms with Crippen LogP contribution in [0.2, 0.25) is 0 Å². The van der Waals surface area contributed by atoms with Crippen molar-refractivity contribution in [3.8, 4) is 22.9 Å². The molecule has 0 aliphatic carbocycles. The van der Waals surface area contributed by atoms with Gasteiger partial charge >= 0.3 is 5.97 Å². The van der Waals surface area contributed by atoms with Crippen LogP contribution in [-0.2, 0) is 20.9 Å². The number of aromatic nitrogens is 4. The van der Waals surface area contributed by atoms with Crippen molar-refractivity contribution >= 4 is 11.9 Å². The molecule has 0 bridgehead atoms. The summed E-state index contributed by atoms with van der Waals surface area (Å²) in [6.45, 7) is 3.02. The van der Waals surface area contributed by atoms with Crippen molar-refractivity contribution in [1.82, 2.24) is 25.5 Å². The number of carbonyl (C=O) groups excluding carboxylic acids is 2. The highest BCUT2D eigenvalue weighted by Gasteiger charge is 2.14. The molecule has 0 radical (unpaired) electrons. The minimum absolute atomic E-state index is 0.0257. The van der Waals surface area contributed by atoms with Crippen LogP contribution in [0.5, 0.6) is 11.5 Å². The molecule has 2 rings (SSSR count). The van der Waals surface area contributed by atoms with E-state index in [2.05, 4.69) is 20.7 Å². The molecule has 140 valence electrons. The second-order valence-corrected chi connectivity index (χ2v) is 5.60. The number of amides is 1. The lowest BCUT2D eigenvalue weighted by Gasteiger charge is -2.08. The second kappa shape index (κ2) is 8.79. The molecule has 0 atom stereocenters. The van der Waals surface area contributed by atoms with E-state index >= 15 is 0 Å². The summed E-state index contributed by atoms with van der Waals surface area (Å²) in [5.41, 5.74) is 0.651. The smallest absolute Gasteiger partial charge is 0.330 e. The number of rotatable bonds is 8. The largest absolute Gasteiger partial charge is 0.493 e. The van der Waals surface area contributed by atoms with Crippen molar-refractivity contribution in [2.45, 2.75) is 26.4 Å². The van der Waals surface area contributed by atoms with Crippen molar-refractivity contribution in [3.05, 3.63) is 18.2 Å². The van der Waals surface area contributed by atoms with Gasteiger partial charge in [-0.1, -0.05) is 0 Å². The van der Waals surface area contributed by atoms with Gasteiger partial charge in [-0.25, -0.2) is 4.79 Å². The maximum absolute atomic E-state index is 11.8. The molecule has 0 fully saturated rings. The maximum Gasteiger partial charge on any atom is 0.330 e. The predicted octanol–water partition coefficient (Wildman–Crippen LogP) is 0.425. The molecule has 0 spiro atoms. The maximum atomic E-state index is 11.8. The van der Waals surface area contributed by atoms with E-state index in [9.17, 15) is 9.59 Å². The van der Waals surface area contributed by atoms with Gasteiger partial charge in [-0.05, 0) is 37.3 Å². The second-order valence-electron chi connectivity index (χ2n) is 5.60. The van der Waals surface area contributed by atoms with Gasteiger partial charge in [-0.3, -0.25) is 4.79 Å². The molecule has 0 saturated heterocycles. The van der Waals surface area contributed by atoms with Gasteiger partial charge in [0.05, 0.1) is 14.2 Å². The fraction of sp³-hybridized carbons (Fsp3) is 0.438. The summed E-state index contributed by atoms with van der Waals surface area (Å²) in [4.78, 5) is 24.3. The van der Waals surface area contributed by atoms with Gasteiger partial charge in [0, 0.05) is 11.6 Å². The van der Waals surface area contributed by atoms with Crippen molar-refractivity contribution in [1.29, 1.82) is 0 Å². The Kier molecular flexibility index (Phi) is 6.48. The third-order valence-electron chi connectivity index (χ3n) is 3.18. The van der Waals surface area contributed by atoms with Crippen molar-refractivity contribution in [2.24, 2.45) is 0 Å². The Morgan fingerprint density at radius 1 is 1.19 bits per heavy atom. The summed E-state index contributed by atoms with van der Waals surface area (Å²) in [6, 6.07) is 5.14. The van der Waals surface area contributed by atoms with Crippen LogP contribution in [0.25, 0.3) is 11.4 Å². The average molecular weight is 363 g/mol. The minimum atomic E-state index is -0.639. The Morgan fingerprint density at radius 3 is 2.58 bits per heavy atom. The first-order valence-corrected chi connectivity index (χ1v) is 7.88. The van der Waals surface area contributed by atoms with Crippen molar-refractivity contribution < 1.29 is 23.8 Å². The number of methoxy groups -OCH3 is 2. The Balaban J connectivity index is 1.97. The Hall–Kier alpha value is -3.17. The van der Waals surface area contributed by atoms with Crippen LogP contribution >= 0.6 is 0 Å². The van der Waals surface area contributed by atoms with Gasteiger partial charge < -0.3 is 19.5 Å². The van der Waals surface area contributed by atoms with Crippen LogP contribution in [0.1, 0.15) is 13.8 Å². The highest BCUT2D eigenvalue weighted by Crippen LogP contribution is 2.30.